The molecule has 1 fully saturated rings. The Balaban J connectivity index is 1.28. The molecule has 292 valence electrons. The summed E-state index contributed by atoms with van der Waals surface area (Å²) in [6.45, 7) is 0.557. The molecule has 0 saturated heterocycles. The van der Waals surface area contributed by atoms with Crippen molar-refractivity contribution in [2.75, 3.05) is 18.5 Å². The molecular weight excluding hydrogens is 695 g/mol. The number of aliphatic carboxylic acids is 1. The van der Waals surface area contributed by atoms with Gasteiger partial charge in [-0.3, -0.25) is 4.99 Å². The van der Waals surface area contributed by atoms with Crippen LogP contribution in [0.3, 0.4) is 0 Å². The molecular formula is C44H55N5O6. The third kappa shape index (κ3) is 8.43. The Morgan fingerprint density at radius 1 is 1.02 bits per heavy atom. The van der Waals surface area contributed by atoms with E-state index in [0.717, 1.165) is 59.6 Å². The lowest BCUT2D eigenvalue weighted by Crippen LogP contribution is -2.54. The first-order valence-corrected chi connectivity index (χ1v) is 20.1. The van der Waals surface area contributed by atoms with Crippen molar-refractivity contribution in [1.82, 2.24) is 10.3 Å². The molecule has 3 aliphatic carbocycles. The van der Waals surface area contributed by atoms with E-state index >= 15 is 0 Å². The van der Waals surface area contributed by atoms with E-state index in [2.05, 4.69) is 57.0 Å². The van der Waals surface area contributed by atoms with Gasteiger partial charge < -0.3 is 46.3 Å². The van der Waals surface area contributed by atoms with Crippen LogP contribution in [-0.4, -0.2) is 76.1 Å². The second kappa shape index (κ2) is 17.4. The minimum atomic E-state index is -1.00. The molecule has 3 aromatic rings. The summed E-state index contributed by atoms with van der Waals surface area (Å²) in [5.74, 6) is 0.972. The zero-order valence-electron chi connectivity index (χ0n) is 31.4. The number of guanidine groups is 1. The van der Waals surface area contributed by atoms with Gasteiger partial charge in [-0.1, -0.05) is 42.5 Å². The number of fused-ring (bicyclic) bond motifs is 4. The van der Waals surface area contributed by atoms with Crippen molar-refractivity contribution < 1.29 is 29.7 Å². The number of carboxylic acid groups (broad SMARTS) is 1. The normalized spacial score (nSPS) is 27.3. The molecule has 0 amide bonds. The van der Waals surface area contributed by atoms with E-state index in [1.807, 2.05) is 24.4 Å². The van der Waals surface area contributed by atoms with Crippen LogP contribution in [0.1, 0.15) is 86.3 Å². The minimum Gasteiger partial charge on any atom is -0.478 e. The van der Waals surface area contributed by atoms with E-state index in [0.29, 0.717) is 63.4 Å². The molecule has 10 atom stereocenters. The van der Waals surface area contributed by atoms with Crippen LogP contribution >= 0.6 is 0 Å². The highest BCUT2D eigenvalue weighted by atomic mass is 16.4. The maximum atomic E-state index is 12.6. The Hall–Kier alpha value is -4.74. The van der Waals surface area contributed by atoms with Gasteiger partial charge in [0.25, 0.3) is 0 Å². The predicted octanol–water partition coefficient (Wildman–Crippen LogP) is 5.60. The number of carboxylic acids is 1. The van der Waals surface area contributed by atoms with E-state index in [1.165, 1.54) is 17.2 Å². The number of aliphatic hydroxyl groups is 2. The molecule has 1 saturated carbocycles. The van der Waals surface area contributed by atoms with E-state index < -0.39 is 12.1 Å². The Bertz CT molecular complexity index is 1920. The van der Waals surface area contributed by atoms with Gasteiger partial charge in [0.05, 0.1) is 18.2 Å². The maximum absolute atomic E-state index is 12.6. The summed E-state index contributed by atoms with van der Waals surface area (Å²) < 4.78 is 0. The molecule has 0 unspecified atom stereocenters. The number of aromatic nitrogens is 1. The third-order valence-corrected chi connectivity index (χ3v) is 12.9. The highest BCUT2D eigenvalue weighted by Gasteiger charge is 2.54. The van der Waals surface area contributed by atoms with E-state index in [9.17, 15) is 29.7 Å². The van der Waals surface area contributed by atoms with Crippen LogP contribution in [-0.2, 0) is 20.8 Å². The second-order valence-electron chi connectivity index (χ2n) is 16.1. The Kier molecular flexibility index (Phi) is 12.2. The molecule has 1 aliphatic heterocycles. The Labute approximate surface area is 322 Å². The number of allylic oxidation sites excluding steroid dienone is 2. The number of nitrogens with zero attached hydrogens (tertiary/aromatic N) is 1. The van der Waals surface area contributed by atoms with Gasteiger partial charge in [0.15, 0.2) is 5.96 Å². The molecule has 4 bridgehead atoms. The van der Waals surface area contributed by atoms with Crippen molar-refractivity contribution in [3.8, 4) is 0 Å². The van der Waals surface area contributed by atoms with Gasteiger partial charge in [-0.2, -0.15) is 0 Å². The number of rotatable bonds is 18. The number of hydrogen-bond donors (Lipinski definition) is 7. The number of carbonyl (C=O) groups is 3. The molecule has 2 heterocycles. The number of aldehydes is 2. The number of carbonyl (C=O) groups excluding carboxylic acids is 2. The average molecular weight is 750 g/mol. The topological polar surface area (TPSA) is 190 Å². The number of benzene rings is 2. The quantitative estimate of drug-likeness (QED) is 0.0494. The summed E-state index contributed by atoms with van der Waals surface area (Å²) in [4.78, 5) is 43.4. The summed E-state index contributed by atoms with van der Waals surface area (Å²) in [6.07, 6.45) is 15.9. The average Bonchev–Trinajstić information content (AvgIpc) is 3.70. The van der Waals surface area contributed by atoms with Crippen LogP contribution in [0.5, 0.6) is 0 Å². The minimum absolute atomic E-state index is 0.0515. The first kappa shape index (κ1) is 38.5. The largest absolute Gasteiger partial charge is 0.478 e. The molecule has 1 aromatic heterocycles. The fourth-order valence-corrected chi connectivity index (χ4v) is 10.4. The highest BCUT2D eigenvalue weighted by molar-refractivity contribution is 5.86. The fraction of sp³-hybridized carbons (Fsp3) is 0.500. The molecule has 7 rings (SSSR count). The van der Waals surface area contributed by atoms with Gasteiger partial charge in [0.1, 0.15) is 18.4 Å². The first-order valence-electron chi connectivity index (χ1n) is 20.1. The lowest BCUT2D eigenvalue weighted by Gasteiger charge is -2.57. The van der Waals surface area contributed by atoms with Crippen molar-refractivity contribution in [3.05, 3.63) is 89.2 Å². The Morgan fingerprint density at radius 2 is 1.87 bits per heavy atom. The first-order chi connectivity index (χ1) is 26.8. The zero-order valence-corrected chi connectivity index (χ0v) is 31.4. The summed E-state index contributed by atoms with van der Waals surface area (Å²) in [6, 6.07) is 14.3. The molecule has 0 radical (unpaired) electrons. The molecule has 2 aromatic carbocycles. The summed E-state index contributed by atoms with van der Waals surface area (Å²) >= 11 is 0. The molecule has 0 spiro atoms. The molecule has 4 aliphatic rings. The monoisotopic (exact) mass is 749 g/mol. The van der Waals surface area contributed by atoms with Gasteiger partial charge in [-0.05, 0) is 138 Å². The number of hydrogen-bond acceptors (Lipinski definition) is 9. The van der Waals surface area contributed by atoms with Gasteiger partial charge in [0, 0.05) is 37.8 Å². The number of aliphatic hydroxyl groups excluding tert-OH is 2. The maximum Gasteiger partial charge on any atom is 0.328 e. The predicted molar refractivity (Wildman–Crippen MR) is 214 cm³/mol. The molecule has 11 nitrogen and oxygen atoms in total. The number of anilines is 1. The van der Waals surface area contributed by atoms with Gasteiger partial charge in [-0.25, -0.2) is 4.79 Å². The van der Waals surface area contributed by atoms with Crippen LogP contribution in [0.25, 0.3) is 10.8 Å². The number of aliphatic imine (C=N–C) groups is 1. The number of nitrogens with two attached hydrogens (primary N) is 1. The summed E-state index contributed by atoms with van der Waals surface area (Å²) in [5, 5.41) is 40.1. The highest BCUT2D eigenvalue weighted by Crippen LogP contribution is 2.62. The van der Waals surface area contributed by atoms with Crippen molar-refractivity contribution in [2.45, 2.75) is 94.2 Å². The second-order valence-corrected chi connectivity index (χ2v) is 16.1. The number of H-pyrrole nitrogens is 1. The van der Waals surface area contributed by atoms with Gasteiger partial charge in [-0.15, -0.1) is 0 Å². The molecule has 55 heavy (non-hydrogen) atoms. The SMILES string of the molecule is NC1=NCC[C@H](/C(=C\C(=O)O)[C@H](Nc2ccc[nH]2)[C@H]2CC[C@@H]3c4cc5ccc(CC=O)cc5cc4[C@@H]4[C@H]2[C@H]3C=C[C@H]4CC[C@H](O)CC[C@H](C=O)CCCO)N1. The van der Waals surface area contributed by atoms with Crippen molar-refractivity contribution in [2.24, 2.45) is 40.3 Å². The van der Waals surface area contributed by atoms with E-state index in [1.54, 1.807) is 0 Å². The lowest BCUT2D eigenvalue weighted by molar-refractivity contribution is -0.131. The smallest absolute Gasteiger partial charge is 0.328 e. The lowest BCUT2D eigenvalue weighted by atomic mass is 9.48. The Morgan fingerprint density at radius 3 is 2.62 bits per heavy atom. The van der Waals surface area contributed by atoms with Crippen LogP contribution < -0.4 is 16.4 Å². The van der Waals surface area contributed by atoms with Crippen LogP contribution in [0.4, 0.5) is 5.82 Å². The molecule has 8 N–H and O–H groups in total. The summed E-state index contributed by atoms with van der Waals surface area (Å²) in [5.41, 5.74) is 10.6. The summed E-state index contributed by atoms with van der Waals surface area (Å²) in [7, 11) is 0. The number of nitrogens with one attached hydrogen (secondary N) is 3. The standard InChI is InChI=1S/C44H55N5O6/c45-44-47-18-15-38(48-44)37(24-40(54)55)43(49-39-4-1-17-46-39)34-14-13-32-33-12-9-28(8-11-31(53)10-6-27(25-52)3-2-19-50)41(42(33)34)36-23-30-21-26(16-20-51)5-7-29(30)22-35(32)36/h1,4-5,7,9,12,17,20-25,27-28,31-34,38,41-43,46,49-50,53H,2-3,6,8,10-11,13-16,18-19H2,(H,54,55)(H3,45,47,48)/b37-24+/t27-,28-,31-,32+,33+,34+,38-,41-,42+,43-/m1/s1. The van der Waals surface area contributed by atoms with Gasteiger partial charge >= 0.3 is 5.97 Å². The van der Waals surface area contributed by atoms with Crippen LogP contribution in [0.2, 0.25) is 0 Å². The van der Waals surface area contributed by atoms with Crippen molar-refractivity contribution in [1.29, 1.82) is 0 Å². The zero-order chi connectivity index (χ0) is 38.5. The van der Waals surface area contributed by atoms with Crippen molar-refractivity contribution >= 4 is 41.1 Å². The van der Waals surface area contributed by atoms with Gasteiger partial charge in [0.2, 0.25) is 0 Å². The van der Waals surface area contributed by atoms with Crippen LogP contribution in [0, 0.1) is 29.6 Å². The van der Waals surface area contributed by atoms with E-state index in [-0.39, 0.29) is 54.2 Å². The van der Waals surface area contributed by atoms with Crippen LogP contribution in [0.15, 0.2) is 77.5 Å². The number of aromatic amines is 1. The fourth-order valence-electron chi connectivity index (χ4n) is 10.4. The third-order valence-electron chi connectivity index (χ3n) is 12.9. The van der Waals surface area contributed by atoms with Crippen molar-refractivity contribution in [3.63, 3.8) is 0 Å². The molecule has 11 heteroatoms. The van der Waals surface area contributed by atoms with E-state index in [4.69, 9.17) is 5.73 Å².